The van der Waals surface area contributed by atoms with Crippen LogP contribution in [0, 0.1) is 3.57 Å². The standard InChI is InChI=1S/C14H17BrIN3/c1-3-17-14(13-7-8-18-19(13)4-2)11-9-10(15)5-6-12(11)16/h5-9,14,17H,3-4H2,1-2H3. The van der Waals surface area contributed by atoms with Crippen molar-refractivity contribution in [2.45, 2.75) is 26.4 Å². The lowest BCUT2D eigenvalue weighted by atomic mass is 10.0. The number of hydrogen-bond donors (Lipinski definition) is 1. The number of hydrogen-bond acceptors (Lipinski definition) is 2. The van der Waals surface area contributed by atoms with Crippen LogP contribution >= 0.6 is 38.5 Å². The van der Waals surface area contributed by atoms with Gasteiger partial charge in [-0.2, -0.15) is 5.10 Å². The first-order valence-electron chi connectivity index (χ1n) is 6.37. The normalized spacial score (nSPS) is 12.6. The van der Waals surface area contributed by atoms with Crippen LogP contribution in [-0.4, -0.2) is 16.3 Å². The molecule has 0 amide bonds. The molecule has 5 heteroatoms. The minimum Gasteiger partial charge on any atom is -0.305 e. The van der Waals surface area contributed by atoms with E-state index in [-0.39, 0.29) is 6.04 Å². The highest BCUT2D eigenvalue weighted by Crippen LogP contribution is 2.28. The van der Waals surface area contributed by atoms with Gasteiger partial charge < -0.3 is 5.32 Å². The Bertz CT molecular complexity index is 553. The zero-order valence-electron chi connectivity index (χ0n) is 11.0. The molecule has 1 unspecified atom stereocenters. The summed E-state index contributed by atoms with van der Waals surface area (Å²) in [6.45, 7) is 6.05. The van der Waals surface area contributed by atoms with Crippen molar-refractivity contribution in [3.05, 3.63) is 49.8 Å². The van der Waals surface area contributed by atoms with Crippen LogP contribution in [-0.2, 0) is 6.54 Å². The predicted octanol–water partition coefficient (Wildman–Crippen LogP) is 3.97. The van der Waals surface area contributed by atoms with Gasteiger partial charge in [0.15, 0.2) is 0 Å². The van der Waals surface area contributed by atoms with Gasteiger partial charge in [0.25, 0.3) is 0 Å². The van der Waals surface area contributed by atoms with Gasteiger partial charge in [-0.15, -0.1) is 0 Å². The molecule has 0 saturated carbocycles. The Labute approximate surface area is 136 Å². The molecule has 1 heterocycles. The van der Waals surface area contributed by atoms with Crippen molar-refractivity contribution in [3.8, 4) is 0 Å². The number of benzene rings is 1. The average Bonchev–Trinajstić information content (AvgIpc) is 2.87. The molecule has 0 saturated heterocycles. The summed E-state index contributed by atoms with van der Waals surface area (Å²) in [6, 6.07) is 8.66. The lowest BCUT2D eigenvalue weighted by Gasteiger charge is -2.21. The van der Waals surface area contributed by atoms with Gasteiger partial charge in [0, 0.05) is 20.8 Å². The van der Waals surface area contributed by atoms with Crippen molar-refractivity contribution in [1.29, 1.82) is 0 Å². The first-order valence-corrected chi connectivity index (χ1v) is 8.24. The molecule has 3 nitrogen and oxygen atoms in total. The van der Waals surface area contributed by atoms with Crippen LogP contribution in [0.15, 0.2) is 34.9 Å². The quantitative estimate of drug-likeness (QED) is 0.723. The summed E-state index contributed by atoms with van der Waals surface area (Å²) in [5.74, 6) is 0. The summed E-state index contributed by atoms with van der Waals surface area (Å²) in [5.41, 5.74) is 2.49. The Kier molecular flexibility index (Phi) is 5.41. The average molecular weight is 434 g/mol. The first kappa shape index (κ1) is 15.0. The van der Waals surface area contributed by atoms with Gasteiger partial charge in [0.05, 0.1) is 11.7 Å². The largest absolute Gasteiger partial charge is 0.305 e. The number of nitrogens with one attached hydrogen (secondary N) is 1. The van der Waals surface area contributed by atoms with E-state index in [0.29, 0.717) is 0 Å². The van der Waals surface area contributed by atoms with Crippen molar-refractivity contribution >= 4 is 38.5 Å². The zero-order chi connectivity index (χ0) is 13.8. The molecule has 0 aliphatic carbocycles. The molecule has 0 aliphatic rings. The molecule has 0 fully saturated rings. The molecule has 0 bridgehead atoms. The minimum absolute atomic E-state index is 0.178. The summed E-state index contributed by atoms with van der Waals surface area (Å²) in [6.07, 6.45) is 1.87. The fourth-order valence-corrected chi connectivity index (χ4v) is 3.19. The van der Waals surface area contributed by atoms with Gasteiger partial charge in [-0.25, -0.2) is 0 Å². The minimum atomic E-state index is 0.178. The summed E-state index contributed by atoms with van der Waals surface area (Å²) >= 11 is 5.95. The van der Waals surface area contributed by atoms with E-state index in [0.717, 1.165) is 17.6 Å². The van der Waals surface area contributed by atoms with Gasteiger partial charge in [-0.3, -0.25) is 4.68 Å². The monoisotopic (exact) mass is 433 g/mol. The summed E-state index contributed by atoms with van der Waals surface area (Å²) < 4.78 is 4.41. The van der Waals surface area contributed by atoms with Crippen molar-refractivity contribution in [2.75, 3.05) is 6.54 Å². The highest BCUT2D eigenvalue weighted by molar-refractivity contribution is 14.1. The molecule has 2 rings (SSSR count). The first-order chi connectivity index (χ1) is 9.17. The molecular formula is C14H17BrIN3. The highest BCUT2D eigenvalue weighted by atomic mass is 127. The van der Waals surface area contributed by atoms with E-state index in [9.17, 15) is 0 Å². The lowest BCUT2D eigenvalue weighted by Crippen LogP contribution is -2.25. The zero-order valence-corrected chi connectivity index (χ0v) is 14.8. The fourth-order valence-electron chi connectivity index (χ4n) is 2.17. The van der Waals surface area contributed by atoms with Crippen molar-refractivity contribution in [1.82, 2.24) is 15.1 Å². The van der Waals surface area contributed by atoms with E-state index >= 15 is 0 Å². The maximum atomic E-state index is 4.38. The molecule has 1 aromatic carbocycles. The Balaban J connectivity index is 2.48. The van der Waals surface area contributed by atoms with Crippen LogP contribution in [0.1, 0.15) is 31.1 Å². The van der Waals surface area contributed by atoms with Crippen LogP contribution in [0.4, 0.5) is 0 Å². The third kappa shape index (κ3) is 3.38. The van der Waals surface area contributed by atoms with Crippen LogP contribution in [0.2, 0.25) is 0 Å². The van der Waals surface area contributed by atoms with Gasteiger partial charge in [0.2, 0.25) is 0 Å². The number of halogens is 2. The second-order valence-electron chi connectivity index (χ2n) is 4.23. The van der Waals surface area contributed by atoms with Crippen molar-refractivity contribution in [2.24, 2.45) is 0 Å². The van der Waals surface area contributed by atoms with E-state index in [2.05, 4.69) is 87.0 Å². The molecule has 1 aromatic heterocycles. The van der Waals surface area contributed by atoms with Crippen LogP contribution in [0.25, 0.3) is 0 Å². The van der Waals surface area contributed by atoms with Crippen molar-refractivity contribution in [3.63, 3.8) is 0 Å². The Morgan fingerprint density at radius 3 is 2.84 bits per heavy atom. The van der Waals surface area contributed by atoms with E-state index in [1.54, 1.807) is 0 Å². The van der Waals surface area contributed by atoms with Crippen LogP contribution < -0.4 is 5.32 Å². The second kappa shape index (κ2) is 6.85. The molecule has 0 spiro atoms. The summed E-state index contributed by atoms with van der Waals surface area (Å²) in [5, 5.41) is 7.94. The number of nitrogens with zero attached hydrogens (tertiary/aromatic N) is 2. The smallest absolute Gasteiger partial charge is 0.0758 e. The highest BCUT2D eigenvalue weighted by Gasteiger charge is 2.19. The number of aromatic nitrogens is 2. The maximum absolute atomic E-state index is 4.38. The SMILES string of the molecule is CCNC(c1cc(Br)ccc1I)c1ccnn1CC. The third-order valence-corrected chi connectivity index (χ3v) is 4.50. The molecule has 2 aromatic rings. The van der Waals surface area contributed by atoms with E-state index in [1.165, 1.54) is 14.8 Å². The molecular weight excluding hydrogens is 417 g/mol. The van der Waals surface area contributed by atoms with Crippen molar-refractivity contribution < 1.29 is 0 Å². The number of rotatable bonds is 5. The summed E-state index contributed by atoms with van der Waals surface area (Å²) in [4.78, 5) is 0. The van der Waals surface area contributed by atoms with E-state index in [1.807, 2.05) is 10.9 Å². The van der Waals surface area contributed by atoms with E-state index in [4.69, 9.17) is 0 Å². The molecule has 1 N–H and O–H groups in total. The van der Waals surface area contributed by atoms with Gasteiger partial charge >= 0.3 is 0 Å². The lowest BCUT2D eigenvalue weighted by molar-refractivity contribution is 0.541. The molecule has 0 radical (unpaired) electrons. The topological polar surface area (TPSA) is 29.9 Å². The third-order valence-electron chi connectivity index (χ3n) is 3.02. The predicted molar refractivity (Wildman–Crippen MR) is 90.3 cm³/mol. The molecule has 0 aliphatic heterocycles. The molecule has 19 heavy (non-hydrogen) atoms. The van der Waals surface area contributed by atoms with Gasteiger partial charge in [-0.05, 0) is 65.9 Å². The molecule has 102 valence electrons. The maximum Gasteiger partial charge on any atom is 0.0758 e. The van der Waals surface area contributed by atoms with E-state index < -0.39 is 0 Å². The Morgan fingerprint density at radius 1 is 1.37 bits per heavy atom. The fraction of sp³-hybridized carbons (Fsp3) is 0.357. The summed E-state index contributed by atoms with van der Waals surface area (Å²) in [7, 11) is 0. The number of aryl methyl sites for hydroxylation is 1. The Hall–Kier alpha value is -0.400. The van der Waals surface area contributed by atoms with Gasteiger partial charge in [0.1, 0.15) is 0 Å². The van der Waals surface area contributed by atoms with Crippen LogP contribution in [0.3, 0.4) is 0 Å². The van der Waals surface area contributed by atoms with Crippen LogP contribution in [0.5, 0.6) is 0 Å². The Morgan fingerprint density at radius 2 is 2.16 bits per heavy atom. The molecule has 1 atom stereocenters. The van der Waals surface area contributed by atoms with Gasteiger partial charge in [-0.1, -0.05) is 22.9 Å². The second-order valence-corrected chi connectivity index (χ2v) is 6.31.